The lowest BCUT2D eigenvalue weighted by molar-refractivity contribution is -0.285. The van der Waals surface area contributed by atoms with Crippen molar-refractivity contribution in [1.29, 1.82) is 0 Å². The molecular weight excluding hydrogens is 542 g/mol. The highest BCUT2D eigenvalue weighted by molar-refractivity contribution is 14.1. The van der Waals surface area contributed by atoms with Gasteiger partial charge in [-0.25, -0.2) is 0 Å². The molecule has 0 aliphatic carbocycles. The van der Waals surface area contributed by atoms with Crippen LogP contribution in [0.15, 0.2) is 12.1 Å². The van der Waals surface area contributed by atoms with E-state index in [1.807, 2.05) is 0 Å². The summed E-state index contributed by atoms with van der Waals surface area (Å²) >= 11 is 4.68. The van der Waals surface area contributed by atoms with Gasteiger partial charge in [-0.05, 0) is 95.5 Å². The highest BCUT2D eigenvalue weighted by Crippen LogP contribution is 2.35. The van der Waals surface area contributed by atoms with Crippen molar-refractivity contribution in [1.82, 2.24) is 0 Å². The van der Waals surface area contributed by atoms with Crippen LogP contribution in [0.4, 0.5) is 0 Å². The first kappa shape index (κ1) is 21.7. The molecule has 2 rings (SSSR count). The first-order chi connectivity index (χ1) is 11.6. The van der Waals surface area contributed by atoms with Gasteiger partial charge in [-0.3, -0.25) is 0 Å². The molecule has 25 heavy (non-hydrogen) atoms. The van der Waals surface area contributed by atoms with Crippen molar-refractivity contribution in [2.45, 2.75) is 72.4 Å². The Morgan fingerprint density at radius 2 is 1.80 bits per heavy atom. The third kappa shape index (κ3) is 6.21. The molecule has 0 radical (unpaired) electrons. The highest BCUT2D eigenvalue weighted by Gasteiger charge is 2.38. The summed E-state index contributed by atoms with van der Waals surface area (Å²) in [7, 11) is 0. The molecule has 0 bridgehead atoms. The van der Waals surface area contributed by atoms with Gasteiger partial charge in [0.05, 0.1) is 25.5 Å². The van der Waals surface area contributed by atoms with Crippen LogP contribution in [0.1, 0.15) is 53.0 Å². The normalized spacial score (nSPS) is 24.4. The SMILES string of the molecule is Cc1cc(I)c(OCCC2OC(C(C)C(C)C)CC(C)(C)O2)c(I)c1. The van der Waals surface area contributed by atoms with Gasteiger partial charge in [-0.15, -0.1) is 0 Å². The largest absolute Gasteiger partial charge is 0.491 e. The minimum absolute atomic E-state index is 0.149. The molecule has 3 nitrogen and oxygen atoms in total. The van der Waals surface area contributed by atoms with Crippen LogP contribution in [0.25, 0.3) is 0 Å². The zero-order valence-corrected chi connectivity index (χ0v) is 20.4. The summed E-state index contributed by atoms with van der Waals surface area (Å²) in [5.74, 6) is 2.09. The fourth-order valence-electron chi connectivity index (χ4n) is 3.11. The maximum Gasteiger partial charge on any atom is 0.161 e. The third-order valence-corrected chi connectivity index (χ3v) is 6.45. The van der Waals surface area contributed by atoms with E-state index in [-0.39, 0.29) is 18.0 Å². The Morgan fingerprint density at radius 1 is 1.20 bits per heavy atom. The second kappa shape index (κ2) is 9.06. The van der Waals surface area contributed by atoms with E-state index in [2.05, 4.69) is 98.9 Å². The quantitative estimate of drug-likeness (QED) is 0.382. The summed E-state index contributed by atoms with van der Waals surface area (Å²) < 4.78 is 20.8. The molecule has 0 amide bonds. The Kier molecular flexibility index (Phi) is 7.86. The standard InChI is InChI=1S/C20H30I2O3/c1-12(2)14(4)17-11-20(5,6)25-18(24-17)7-8-23-19-15(21)9-13(3)10-16(19)22/h9-10,12,14,17-18H,7-8,11H2,1-6H3. The number of hydrogen-bond donors (Lipinski definition) is 0. The summed E-state index contributed by atoms with van der Waals surface area (Å²) in [6, 6.07) is 4.30. The predicted molar refractivity (Wildman–Crippen MR) is 119 cm³/mol. The molecule has 5 heteroatoms. The summed E-state index contributed by atoms with van der Waals surface area (Å²) in [6.07, 6.45) is 1.73. The lowest BCUT2D eigenvalue weighted by atomic mass is 9.85. The molecular formula is C20H30I2O3. The molecule has 0 saturated carbocycles. The van der Waals surface area contributed by atoms with Crippen LogP contribution in [0.2, 0.25) is 0 Å². The number of rotatable bonds is 6. The van der Waals surface area contributed by atoms with E-state index in [4.69, 9.17) is 14.2 Å². The van der Waals surface area contributed by atoms with Gasteiger partial charge in [0.1, 0.15) is 5.75 Å². The van der Waals surface area contributed by atoms with Crippen LogP contribution in [0, 0.1) is 25.9 Å². The van der Waals surface area contributed by atoms with Crippen LogP contribution >= 0.6 is 45.2 Å². The summed E-state index contributed by atoms with van der Waals surface area (Å²) in [4.78, 5) is 0. The van der Waals surface area contributed by atoms with Crippen molar-refractivity contribution in [2.75, 3.05) is 6.61 Å². The average Bonchev–Trinajstić information content (AvgIpc) is 2.47. The Balaban J connectivity index is 1.96. The number of halogens is 2. The Labute approximate surface area is 179 Å². The van der Waals surface area contributed by atoms with Crippen molar-refractivity contribution < 1.29 is 14.2 Å². The average molecular weight is 572 g/mol. The van der Waals surface area contributed by atoms with Crippen molar-refractivity contribution in [3.05, 3.63) is 24.8 Å². The molecule has 1 saturated heterocycles. The van der Waals surface area contributed by atoms with Gasteiger partial charge >= 0.3 is 0 Å². The summed E-state index contributed by atoms with van der Waals surface area (Å²) in [6.45, 7) is 13.8. The van der Waals surface area contributed by atoms with Gasteiger partial charge in [0.25, 0.3) is 0 Å². The highest BCUT2D eigenvalue weighted by atomic mass is 127. The molecule has 1 aromatic rings. The fraction of sp³-hybridized carbons (Fsp3) is 0.700. The number of ether oxygens (including phenoxy) is 3. The van der Waals surface area contributed by atoms with Crippen LogP contribution in [-0.4, -0.2) is 24.6 Å². The molecule has 0 N–H and O–H groups in total. The van der Waals surface area contributed by atoms with E-state index in [9.17, 15) is 0 Å². The topological polar surface area (TPSA) is 27.7 Å². The molecule has 142 valence electrons. The zero-order chi connectivity index (χ0) is 18.8. The van der Waals surface area contributed by atoms with Gasteiger partial charge in [0, 0.05) is 12.8 Å². The third-order valence-electron chi connectivity index (χ3n) is 4.85. The molecule has 0 aromatic heterocycles. The van der Waals surface area contributed by atoms with Gasteiger partial charge in [-0.1, -0.05) is 20.8 Å². The van der Waals surface area contributed by atoms with E-state index in [1.165, 1.54) is 5.56 Å². The minimum Gasteiger partial charge on any atom is -0.491 e. The molecule has 1 aliphatic heterocycles. The van der Waals surface area contributed by atoms with E-state index < -0.39 is 0 Å². The van der Waals surface area contributed by atoms with E-state index in [1.54, 1.807) is 0 Å². The van der Waals surface area contributed by atoms with E-state index >= 15 is 0 Å². The Bertz CT molecular complexity index is 563. The smallest absolute Gasteiger partial charge is 0.161 e. The maximum absolute atomic E-state index is 6.26. The van der Waals surface area contributed by atoms with Crippen molar-refractivity contribution in [3.8, 4) is 5.75 Å². The monoisotopic (exact) mass is 572 g/mol. The molecule has 1 heterocycles. The summed E-state index contributed by atoms with van der Waals surface area (Å²) in [5, 5.41) is 0. The Morgan fingerprint density at radius 3 is 2.36 bits per heavy atom. The second-order valence-electron chi connectivity index (χ2n) is 7.98. The first-order valence-corrected chi connectivity index (χ1v) is 11.2. The Hall–Kier alpha value is 0.400. The molecule has 0 spiro atoms. The number of aryl methyl sites for hydroxylation is 1. The molecule has 1 aromatic carbocycles. The number of benzene rings is 1. The van der Waals surface area contributed by atoms with Crippen molar-refractivity contribution in [3.63, 3.8) is 0 Å². The van der Waals surface area contributed by atoms with Gasteiger partial charge < -0.3 is 14.2 Å². The zero-order valence-electron chi connectivity index (χ0n) is 16.1. The van der Waals surface area contributed by atoms with Crippen molar-refractivity contribution >= 4 is 45.2 Å². The second-order valence-corrected chi connectivity index (χ2v) is 10.3. The first-order valence-electron chi connectivity index (χ1n) is 9.01. The number of hydrogen-bond acceptors (Lipinski definition) is 3. The maximum atomic E-state index is 6.26. The molecule has 3 atom stereocenters. The van der Waals surface area contributed by atoms with Crippen LogP contribution < -0.4 is 4.74 Å². The van der Waals surface area contributed by atoms with Gasteiger partial charge in [0.2, 0.25) is 0 Å². The fourth-order valence-corrected chi connectivity index (χ4v) is 5.50. The van der Waals surface area contributed by atoms with Crippen molar-refractivity contribution in [2.24, 2.45) is 11.8 Å². The van der Waals surface area contributed by atoms with E-state index in [0.29, 0.717) is 18.4 Å². The lowest BCUT2D eigenvalue weighted by Crippen LogP contribution is -2.47. The molecule has 3 unspecified atom stereocenters. The van der Waals surface area contributed by atoms with Crippen LogP contribution in [0.3, 0.4) is 0 Å². The minimum atomic E-state index is -0.198. The molecule has 1 aliphatic rings. The van der Waals surface area contributed by atoms with Gasteiger partial charge in [-0.2, -0.15) is 0 Å². The van der Waals surface area contributed by atoms with Crippen LogP contribution in [-0.2, 0) is 9.47 Å². The lowest BCUT2D eigenvalue weighted by Gasteiger charge is -2.43. The summed E-state index contributed by atoms with van der Waals surface area (Å²) in [5.41, 5.74) is 1.11. The van der Waals surface area contributed by atoms with Gasteiger partial charge in [0.15, 0.2) is 6.29 Å². The van der Waals surface area contributed by atoms with E-state index in [0.717, 1.165) is 25.7 Å². The molecule has 1 fully saturated rings. The predicted octanol–water partition coefficient (Wildman–Crippen LogP) is 6.18. The van der Waals surface area contributed by atoms with Crippen LogP contribution in [0.5, 0.6) is 5.75 Å².